The number of nitrogens with one attached hydrogen (secondary N) is 1. The summed E-state index contributed by atoms with van der Waals surface area (Å²) in [6.07, 6.45) is 2.16. The van der Waals surface area contributed by atoms with Gasteiger partial charge < -0.3 is 10.2 Å². The van der Waals surface area contributed by atoms with Gasteiger partial charge in [0.2, 0.25) is 11.8 Å². The van der Waals surface area contributed by atoms with Crippen molar-refractivity contribution in [2.75, 3.05) is 6.54 Å². The Bertz CT molecular complexity index is 589. The van der Waals surface area contributed by atoms with Gasteiger partial charge in [0.05, 0.1) is 0 Å². The van der Waals surface area contributed by atoms with Crippen LogP contribution in [-0.4, -0.2) is 29.3 Å². The summed E-state index contributed by atoms with van der Waals surface area (Å²) < 4.78 is 13.8. The van der Waals surface area contributed by atoms with Crippen LogP contribution in [0.5, 0.6) is 0 Å². The summed E-state index contributed by atoms with van der Waals surface area (Å²) in [7, 11) is 0. The third-order valence-corrected chi connectivity index (χ3v) is 4.20. The summed E-state index contributed by atoms with van der Waals surface area (Å²) in [4.78, 5) is 25.8. The SMILES string of the molecule is O=C1CCN(Cc2cc(Cl)ccc2F)C(=O)C(C2CC2)N1. The highest BCUT2D eigenvalue weighted by Crippen LogP contribution is 2.34. The van der Waals surface area contributed by atoms with E-state index in [1.54, 1.807) is 4.90 Å². The van der Waals surface area contributed by atoms with Crippen LogP contribution in [0.1, 0.15) is 24.8 Å². The van der Waals surface area contributed by atoms with Crippen LogP contribution in [0.15, 0.2) is 18.2 Å². The molecule has 1 aromatic carbocycles. The average Bonchev–Trinajstić information content (AvgIpc) is 3.27. The van der Waals surface area contributed by atoms with Crippen LogP contribution in [0, 0.1) is 11.7 Å². The van der Waals surface area contributed by atoms with E-state index in [-0.39, 0.29) is 30.7 Å². The minimum Gasteiger partial charge on any atom is -0.344 e. The van der Waals surface area contributed by atoms with Crippen molar-refractivity contribution in [2.24, 2.45) is 5.92 Å². The predicted octanol–water partition coefficient (Wildman–Crippen LogP) is 2.11. The van der Waals surface area contributed by atoms with Crippen molar-refractivity contribution in [3.63, 3.8) is 0 Å². The number of nitrogens with zero attached hydrogens (tertiary/aromatic N) is 1. The lowest BCUT2D eigenvalue weighted by atomic mass is 10.1. The molecule has 3 rings (SSSR count). The van der Waals surface area contributed by atoms with E-state index in [0.29, 0.717) is 17.1 Å². The lowest BCUT2D eigenvalue weighted by molar-refractivity contribution is -0.134. The number of benzene rings is 1. The molecule has 21 heavy (non-hydrogen) atoms. The molecule has 1 aliphatic carbocycles. The van der Waals surface area contributed by atoms with Crippen molar-refractivity contribution in [3.05, 3.63) is 34.6 Å². The Balaban J connectivity index is 1.81. The van der Waals surface area contributed by atoms with Gasteiger partial charge in [0.1, 0.15) is 11.9 Å². The van der Waals surface area contributed by atoms with Gasteiger partial charge in [-0.1, -0.05) is 11.6 Å². The molecule has 1 unspecified atom stereocenters. The summed E-state index contributed by atoms with van der Waals surface area (Å²) in [6.45, 7) is 0.448. The minimum atomic E-state index is -0.456. The van der Waals surface area contributed by atoms with E-state index >= 15 is 0 Å². The molecule has 0 spiro atoms. The van der Waals surface area contributed by atoms with Crippen molar-refractivity contribution in [2.45, 2.75) is 31.8 Å². The molecule has 6 heteroatoms. The molecule has 0 aromatic heterocycles. The zero-order chi connectivity index (χ0) is 15.0. The molecule has 1 N–H and O–H groups in total. The molecular formula is C15H16ClFN2O2. The van der Waals surface area contributed by atoms with Crippen molar-refractivity contribution in [3.8, 4) is 0 Å². The first kappa shape index (κ1) is 14.3. The fourth-order valence-electron chi connectivity index (χ4n) is 2.63. The quantitative estimate of drug-likeness (QED) is 0.929. The number of hydrogen-bond donors (Lipinski definition) is 1. The highest BCUT2D eigenvalue weighted by Gasteiger charge is 2.40. The van der Waals surface area contributed by atoms with E-state index in [2.05, 4.69) is 5.32 Å². The van der Waals surface area contributed by atoms with Crippen LogP contribution >= 0.6 is 11.6 Å². The largest absolute Gasteiger partial charge is 0.344 e. The smallest absolute Gasteiger partial charge is 0.245 e. The maximum Gasteiger partial charge on any atom is 0.245 e. The molecule has 1 aliphatic heterocycles. The van der Waals surface area contributed by atoms with E-state index in [1.807, 2.05) is 0 Å². The van der Waals surface area contributed by atoms with Gasteiger partial charge in [-0.3, -0.25) is 9.59 Å². The average molecular weight is 311 g/mol. The maximum atomic E-state index is 13.8. The van der Waals surface area contributed by atoms with Crippen molar-refractivity contribution >= 4 is 23.4 Å². The van der Waals surface area contributed by atoms with Crippen LogP contribution < -0.4 is 5.32 Å². The maximum absolute atomic E-state index is 13.8. The van der Waals surface area contributed by atoms with Crippen molar-refractivity contribution < 1.29 is 14.0 Å². The summed E-state index contributed by atoms with van der Waals surface area (Å²) in [5, 5.41) is 3.21. The Labute approximate surface area is 127 Å². The molecule has 1 saturated carbocycles. The molecule has 0 bridgehead atoms. The molecule has 112 valence electrons. The molecule has 1 heterocycles. The van der Waals surface area contributed by atoms with E-state index in [1.165, 1.54) is 18.2 Å². The Hall–Kier alpha value is -1.62. The van der Waals surface area contributed by atoms with Gasteiger partial charge in [-0.15, -0.1) is 0 Å². The van der Waals surface area contributed by atoms with Crippen LogP contribution in [0.3, 0.4) is 0 Å². The first-order chi connectivity index (χ1) is 10.0. The van der Waals surface area contributed by atoms with Crippen LogP contribution in [0.4, 0.5) is 4.39 Å². The highest BCUT2D eigenvalue weighted by molar-refractivity contribution is 6.30. The van der Waals surface area contributed by atoms with Gasteiger partial charge in [0, 0.05) is 30.1 Å². The number of carbonyl (C=O) groups excluding carboxylic acids is 2. The fraction of sp³-hybridized carbons (Fsp3) is 0.467. The lowest BCUT2D eigenvalue weighted by Gasteiger charge is -2.24. The third kappa shape index (κ3) is 3.18. The molecule has 0 radical (unpaired) electrons. The van der Waals surface area contributed by atoms with Gasteiger partial charge in [0.15, 0.2) is 0 Å². The molecule has 1 saturated heterocycles. The molecular weight excluding hydrogens is 295 g/mol. The zero-order valence-corrected chi connectivity index (χ0v) is 12.2. The number of hydrogen-bond acceptors (Lipinski definition) is 2. The van der Waals surface area contributed by atoms with Crippen LogP contribution in [0.2, 0.25) is 5.02 Å². The van der Waals surface area contributed by atoms with Gasteiger partial charge in [-0.05, 0) is 37.0 Å². The monoisotopic (exact) mass is 310 g/mol. The van der Waals surface area contributed by atoms with E-state index < -0.39 is 11.9 Å². The standard InChI is InChI=1S/C15H16ClFN2O2/c16-11-3-4-12(17)10(7-11)8-19-6-5-13(20)18-14(15(19)21)9-1-2-9/h3-4,7,9,14H,1-2,5-6,8H2,(H,18,20). The van der Waals surface area contributed by atoms with Gasteiger partial charge in [-0.25, -0.2) is 4.39 Å². The van der Waals surface area contributed by atoms with Crippen molar-refractivity contribution in [1.29, 1.82) is 0 Å². The van der Waals surface area contributed by atoms with Gasteiger partial charge in [-0.2, -0.15) is 0 Å². The number of amides is 2. The molecule has 1 aromatic rings. The summed E-state index contributed by atoms with van der Waals surface area (Å²) in [6, 6.07) is 3.84. The zero-order valence-electron chi connectivity index (χ0n) is 11.4. The van der Waals surface area contributed by atoms with Crippen LogP contribution in [-0.2, 0) is 16.1 Å². The topological polar surface area (TPSA) is 49.4 Å². The molecule has 1 atom stereocenters. The summed E-state index contributed by atoms with van der Waals surface area (Å²) in [5.74, 6) is -0.401. The van der Waals surface area contributed by atoms with Crippen molar-refractivity contribution in [1.82, 2.24) is 10.2 Å². The number of carbonyl (C=O) groups is 2. The normalized spacial score (nSPS) is 23.0. The highest BCUT2D eigenvalue weighted by atomic mass is 35.5. The number of rotatable bonds is 3. The second kappa shape index (κ2) is 5.64. The Morgan fingerprint density at radius 3 is 2.81 bits per heavy atom. The van der Waals surface area contributed by atoms with E-state index in [9.17, 15) is 14.0 Å². The van der Waals surface area contributed by atoms with E-state index in [4.69, 9.17) is 11.6 Å². The molecule has 2 amide bonds. The molecule has 2 fully saturated rings. The third-order valence-electron chi connectivity index (χ3n) is 3.97. The van der Waals surface area contributed by atoms with Crippen LogP contribution in [0.25, 0.3) is 0 Å². The lowest BCUT2D eigenvalue weighted by Crippen LogP contribution is -2.45. The second-order valence-electron chi connectivity index (χ2n) is 5.63. The Kier molecular flexibility index (Phi) is 3.85. The summed E-state index contributed by atoms with van der Waals surface area (Å²) >= 11 is 5.88. The Morgan fingerprint density at radius 1 is 1.33 bits per heavy atom. The van der Waals surface area contributed by atoms with Gasteiger partial charge in [0.25, 0.3) is 0 Å². The summed E-state index contributed by atoms with van der Waals surface area (Å²) in [5.41, 5.74) is 0.375. The van der Waals surface area contributed by atoms with E-state index in [0.717, 1.165) is 12.8 Å². The number of halogens is 2. The predicted molar refractivity (Wildman–Crippen MR) is 76.1 cm³/mol. The minimum absolute atomic E-state index is 0.116. The Morgan fingerprint density at radius 2 is 2.10 bits per heavy atom. The second-order valence-corrected chi connectivity index (χ2v) is 6.06. The first-order valence-corrected chi connectivity index (χ1v) is 7.44. The molecule has 2 aliphatic rings. The molecule has 4 nitrogen and oxygen atoms in total. The van der Waals surface area contributed by atoms with Gasteiger partial charge >= 0.3 is 0 Å². The first-order valence-electron chi connectivity index (χ1n) is 7.06. The fourth-order valence-corrected chi connectivity index (χ4v) is 2.82.